The Morgan fingerprint density at radius 3 is 2.93 bits per heavy atom. The smallest absolute Gasteiger partial charge is 0.173 e. The standard InChI is InChI=1S/C10H13N5/c11-9-8-10(13-5-12-8)15(6-14-9)7-3-1-2-4-7/h5-7,11H,1-4H2,(H,12,13). The molecular formula is C10H13N5. The number of nitrogens with one attached hydrogen (secondary N) is 2. The summed E-state index contributed by atoms with van der Waals surface area (Å²) >= 11 is 0. The maximum atomic E-state index is 7.65. The van der Waals surface area contributed by atoms with Crippen molar-refractivity contribution in [3.05, 3.63) is 18.1 Å². The zero-order chi connectivity index (χ0) is 10.3. The van der Waals surface area contributed by atoms with Crippen LogP contribution < -0.4 is 5.49 Å². The molecule has 1 saturated carbocycles. The zero-order valence-electron chi connectivity index (χ0n) is 8.40. The van der Waals surface area contributed by atoms with Gasteiger partial charge in [0, 0.05) is 6.04 Å². The highest BCUT2D eigenvalue weighted by molar-refractivity contribution is 5.68. The summed E-state index contributed by atoms with van der Waals surface area (Å²) in [5, 5.41) is 7.65. The normalized spacial score (nSPS) is 17.6. The van der Waals surface area contributed by atoms with Crippen molar-refractivity contribution in [1.82, 2.24) is 19.5 Å². The first-order chi connectivity index (χ1) is 7.36. The third kappa shape index (κ3) is 1.26. The molecule has 1 aliphatic rings. The predicted molar refractivity (Wildman–Crippen MR) is 55.2 cm³/mol. The van der Waals surface area contributed by atoms with Gasteiger partial charge < -0.3 is 9.55 Å². The average molecular weight is 203 g/mol. The van der Waals surface area contributed by atoms with Crippen LogP contribution in [0.25, 0.3) is 11.2 Å². The molecule has 15 heavy (non-hydrogen) atoms. The van der Waals surface area contributed by atoms with Gasteiger partial charge in [-0.15, -0.1) is 0 Å². The Bertz CT molecular complexity index is 532. The van der Waals surface area contributed by atoms with Gasteiger partial charge in [0.15, 0.2) is 11.1 Å². The number of fused-ring (bicyclic) bond motifs is 1. The Kier molecular flexibility index (Phi) is 1.83. The van der Waals surface area contributed by atoms with Crippen LogP contribution in [-0.2, 0) is 0 Å². The van der Waals surface area contributed by atoms with E-state index in [0.717, 1.165) is 11.2 Å². The van der Waals surface area contributed by atoms with Crippen molar-refractivity contribution in [2.45, 2.75) is 31.7 Å². The molecule has 0 atom stereocenters. The minimum Gasteiger partial charge on any atom is -0.340 e. The van der Waals surface area contributed by atoms with Crippen molar-refractivity contribution in [3.8, 4) is 0 Å². The molecule has 0 saturated heterocycles. The van der Waals surface area contributed by atoms with Gasteiger partial charge in [0.1, 0.15) is 5.52 Å². The minimum absolute atomic E-state index is 0.275. The highest BCUT2D eigenvalue weighted by Gasteiger charge is 2.18. The van der Waals surface area contributed by atoms with E-state index < -0.39 is 0 Å². The number of aromatic nitrogens is 4. The monoisotopic (exact) mass is 203 g/mol. The molecule has 78 valence electrons. The molecular weight excluding hydrogens is 190 g/mol. The largest absolute Gasteiger partial charge is 0.340 e. The summed E-state index contributed by atoms with van der Waals surface area (Å²) in [6.07, 6.45) is 8.35. The minimum atomic E-state index is 0.275. The Balaban J connectivity index is 2.22. The highest BCUT2D eigenvalue weighted by atomic mass is 15.1. The maximum Gasteiger partial charge on any atom is 0.173 e. The van der Waals surface area contributed by atoms with Crippen LogP contribution in [0.3, 0.4) is 0 Å². The first kappa shape index (κ1) is 8.64. The number of imidazole rings is 1. The summed E-state index contributed by atoms with van der Waals surface area (Å²) in [4.78, 5) is 11.3. The van der Waals surface area contributed by atoms with Crippen LogP contribution in [0.1, 0.15) is 31.7 Å². The molecule has 0 bridgehead atoms. The molecule has 2 heterocycles. The van der Waals surface area contributed by atoms with Gasteiger partial charge in [0.25, 0.3) is 0 Å². The fourth-order valence-electron chi connectivity index (χ4n) is 2.35. The first-order valence-electron chi connectivity index (χ1n) is 5.31. The number of nitrogens with zero attached hydrogens (tertiary/aromatic N) is 3. The van der Waals surface area contributed by atoms with Crippen molar-refractivity contribution in [1.29, 1.82) is 5.41 Å². The SMILES string of the molecule is N=c1ncn(C2CCCC2)c2nc[nH]c12. The summed E-state index contributed by atoms with van der Waals surface area (Å²) in [5.74, 6) is 0. The molecule has 0 aliphatic heterocycles. The first-order valence-corrected chi connectivity index (χ1v) is 5.31. The molecule has 0 radical (unpaired) electrons. The average Bonchev–Trinajstić information content (AvgIpc) is 2.88. The number of rotatable bonds is 1. The van der Waals surface area contributed by atoms with Gasteiger partial charge in [-0.1, -0.05) is 12.8 Å². The molecule has 2 aromatic rings. The molecule has 0 unspecified atom stereocenters. The van der Waals surface area contributed by atoms with Gasteiger partial charge in [0.2, 0.25) is 0 Å². The molecule has 1 aliphatic carbocycles. The van der Waals surface area contributed by atoms with Gasteiger partial charge in [0.05, 0.1) is 12.7 Å². The number of hydrogen-bond acceptors (Lipinski definition) is 3. The number of aromatic amines is 1. The Labute approximate surface area is 86.7 Å². The summed E-state index contributed by atoms with van der Waals surface area (Å²) in [6, 6.07) is 0.518. The molecule has 1 fully saturated rings. The van der Waals surface area contributed by atoms with Crippen molar-refractivity contribution in [2.24, 2.45) is 0 Å². The number of hydrogen-bond donors (Lipinski definition) is 2. The fourth-order valence-corrected chi connectivity index (χ4v) is 2.35. The van der Waals surface area contributed by atoms with Crippen LogP contribution in [-0.4, -0.2) is 19.5 Å². The Morgan fingerprint density at radius 1 is 1.33 bits per heavy atom. The second-order valence-corrected chi connectivity index (χ2v) is 4.04. The summed E-state index contributed by atoms with van der Waals surface area (Å²) < 4.78 is 2.11. The fraction of sp³-hybridized carbons (Fsp3) is 0.500. The molecule has 5 heteroatoms. The van der Waals surface area contributed by atoms with Gasteiger partial charge in [-0.3, -0.25) is 5.41 Å². The van der Waals surface area contributed by atoms with E-state index in [-0.39, 0.29) is 5.49 Å². The molecule has 2 N–H and O–H groups in total. The number of H-pyrrole nitrogens is 1. The van der Waals surface area contributed by atoms with E-state index in [2.05, 4.69) is 19.5 Å². The second kappa shape index (κ2) is 3.18. The van der Waals surface area contributed by atoms with Gasteiger partial charge in [-0.2, -0.15) is 0 Å². The lowest BCUT2D eigenvalue weighted by atomic mass is 10.2. The van der Waals surface area contributed by atoms with E-state index in [1.54, 1.807) is 12.7 Å². The van der Waals surface area contributed by atoms with Crippen LogP contribution >= 0.6 is 0 Å². The topological polar surface area (TPSA) is 70.3 Å². The highest BCUT2D eigenvalue weighted by Crippen LogP contribution is 2.30. The molecule has 2 aromatic heterocycles. The van der Waals surface area contributed by atoms with E-state index in [9.17, 15) is 0 Å². The van der Waals surface area contributed by atoms with Gasteiger partial charge >= 0.3 is 0 Å². The lowest BCUT2D eigenvalue weighted by molar-refractivity contribution is 0.521. The van der Waals surface area contributed by atoms with E-state index in [1.807, 2.05) is 0 Å². The zero-order valence-corrected chi connectivity index (χ0v) is 8.40. The van der Waals surface area contributed by atoms with Gasteiger partial charge in [-0.05, 0) is 12.8 Å². The molecule has 5 nitrogen and oxygen atoms in total. The molecule has 0 spiro atoms. The van der Waals surface area contributed by atoms with Crippen molar-refractivity contribution in [3.63, 3.8) is 0 Å². The van der Waals surface area contributed by atoms with E-state index >= 15 is 0 Å². The Morgan fingerprint density at radius 2 is 2.13 bits per heavy atom. The lowest BCUT2D eigenvalue weighted by Gasteiger charge is -2.13. The van der Waals surface area contributed by atoms with Crippen molar-refractivity contribution < 1.29 is 0 Å². The van der Waals surface area contributed by atoms with Crippen LogP contribution in [0.15, 0.2) is 12.7 Å². The summed E-state index contributed by atoms with van der Waals surface area (Å²) in [6.45, 7) is 0. The third-order valence-corrected chi connectivity index (χ3v) is 3.13. The van der Waals surface area contributed by atoms with Crippen molar-refractivity contribution in [2.75, 3.05) is 0 Å². The van der Waals surface area contributed by atoms with Crippen LogP contribution in [0.2, 0.25) is 0 Å². The third-order valence-electron chi connectivity index (χ3n) is 3.13. The summed E-state index contributed by atoms with van der Waals surface area (Å²) in [7, 11) is 0. The van der Waals surface area contributed by atoms with E-state index in [0.29, 0.717) is 6.04 Å². The maximum absolute atomic E-state index is 7.65. The van der Waals surface area contributed by atoms with E-state index in [4.69, 9.17) is 5.41 Å². The second-order valence-electron chi connectivity index (χ2n) is 4.04. The van der Waals surface area contributed by atoms with Crippen LogP contribution in [0.4, 0.5) is 0 Å². The van der Waals surface area contributed by atoms with Crippen molar-refractivity contribution >= 4 is 11.2 Å². The predicted octanol–water partition coefficient (Wildman–Crippen LogP) is 1.35. The summed E-state index contributed by atoms with van der Waals surface area (Å²) in [5.41, 5.74) is 1.88. The van der Waals surface area contributed by atoms with Crippen LogP contribution in [0, 0.1) is 5.41 Å². The molecule has 3 rings (SSSR count). The molecule has 0 amide bonds. The Hall–Kier alpha value is -1.65. The molecule has 0 aromatic carbocycles. The van der Waals surface area contributed by atoms with E-state index in [1.165, 1.54) is 25.7 Å². The van der Waals surface area contributed by atoms with Gasteiger partial charge in [-0.25, -0.2) is 9.97 Å². The lowest BCUT2D eigenvalue weighted by Crippen LogP contribution is -2.15. The van der Waals surface area contributed by atoms with Crippen LogP contribution in [0.5, 0.6) is 0 Å². The quantitative estimate of drug-likeness (QED) is 0.734.